The number of nitrogens with one attached hydrogen (secondary N) is 2. The molecule has 1 heterocycles. The Morgan fingerprint density at radius 3 is 2.48 bits per heavy atom. The number of quaternary nitrogens is 1. The number of nitrogens with two attached hydrogens (primary N) is 1. The van der Waals surface area contributed by atoms with E-state index in [4.69, 9.17) is 15.2 Å². The summed E-state index contributed by atoms with van der Waals surface area (Å²) in [7, 11) is 3.27. The number of benzene rings is 1. The molecule has 150 valence electrons. The lowest BCUT2D eigenvalue weighted by molar-refractivity contribution is -0.917. The van der Waals surface area contributed by atoms with Gasteiger partial charge in [-0.3, -0.25) is 4.79 Å². The van der Waals surface area contributed by atoms with E-state index in [0.29, 0.717) is 13.0 Å². The van der Waals surface area contributed by atoms with Crippen LogP contribution in [0.5, 0.6) is 11.5 Å². The van der Waals surface area contributed by atoms with Gasteiger partial charge in [-0.05, 0) is 31.0 Å². The third-order valence-corrected chi connectivity index (χ3v) is 4.84. The second-order valence-electron chi connectivity index (χ2n) is 6.75. The van der Waals surface area contributed by atoms with Crippen LogP contribution < -0.4 is 25.4 Å². The number of amides is 3. The number of hydrogen-bond acceptors (Lipinski definition) is 4. The van der Waals surface area contributed by atoms with E-state index in [2.05, 4.69) is 11.4 Å². The molecule has 2 rings (SSSR count). The third-order valence-electron chi connectivity index (χ3n) is 4.84. The van der Waals surface area contributed by atoms with Gasteiger partial charge < -0.3 is 30.3 Å². The van der Waals surface area contributed by atoms with E-state index >= 15 is 0 Å². The topological polar surface area (TPSA) is 98.3 Å². The molecule has 0 atom stereocenters. The Morgan fingerprint density at radius 1 is 1.15 bits per heavy atom. The third kappa shape index (κ3) is 6.63. The van der Waals surface area contributed by atoms with Crippen LogP contribution in [-0.2, 0) is 11.3 Å². The molecule has 0 spiro atoms. The lowest BCUT2D eigenvalue weighted by atomic mass is 10.1. The number of methoxy groups -OCH3 is 2. The van der Waals surface area contributed by atoms with Gasteiger partial charge in [-0.1, -0.05) is 0 Å². The fourth-order valence-corrected chi connectivity index (χ4v) is 3.30. The fourth-order valence-electron chi connectivity index (χ4n) is 3.30. The maximum atomic E-state index is 12.3. The lowest BCUT2D eigenvalue weighted by Gasteiger charge is -2.32. The maximum absolute atomic E-state index is 12.3. The largest absolute Gasteiger partial charge is 0.493 e. The molecule has 3 amide bonds. The molecule has 0 bridgehead atoms. The first kappa shape index (κ1) is 20.8. The molecular formula is C19H31N4O4+. The number of ether oxygens (including phenoxy) is 2. The van der Waals surface area contributed by atoms with Crippen LogP contribution in [0.15, 0.2) is 18.2 Å². The molecule has 0 aliphatic carbocycles. The molecule has 1 saturated heterocycles. The number of hydrogen-bond donors (Lipinski definition) is 3. The smallest absolute Gasteiger partial charge is 0.312 e. The fraction of sp³-hybridized carbons (Fsp3) is 0.579. The van der Waals surface area contributed by atoms with Crippen molar-refractivity contribution in [1.82, 2.24) is 10.2 Å². The van der Waals surface area contributed by atoms with Gasteiger partial charge in [0, 0.05) is 18.5 Å². The Hall–Kier alpha value is -2.48. The maximum Gasteiger partial charge on any atom is 0.312 e. The van der Waals surface area contributed by atoms with Crippen molar-refractivity contribution in [2.75, 3.05) is 46.9 Å². The predicted octanol–water partition coefficient (Wildman–Crippen LogP) is -0.230. The van der Waals surface area contributed by atoms with Gasteiger partial charge in [0.2, 0.25) is 5.91 Å². The summed E-state index contributed by atoms with van der Waals surface area (Å²) in [5, 5.41) is 2.54. The number of piperazine rings is 1. The quantitative estimate of drug-likeness (QED) is 0.516. The molecule has 27 heavy (non-hydrogen) atoms. The van der Waals surface area contributed by atoms with Crippen LogP contribution in [0, 0.1) is 0 Å². The van der Waals surface area contributed by atoms with Crippen molar-refractivity contribution in [3.63, 3.8) is 0 Å². The number of nitrogens with zero attached hydrogens (tertiary/aromatic N) is 1. The number of urea groups is 1. The predicted molar refractivity (Wildman–Crippen MR) is 102 cm³/mol. The van der Waals surface area contributed by atoms with Crippen molar-refractivity contribution >= 4 is 11.9 Å². The minimum absolute atomic E-state index is 0.194. The van der Waals surface area contributed by atoms with Crippen LogP contribution in [0.1, 0.15) is 24.8 Å². The highest BCUT2D eigenvalue weighted by Gasteiger charge is 2.23. The van der Waals surface area contributed by atoms with E-state index < -0.39 is 6.03 Å². The van der Waals surface area contributed by atoms with Crippen LogP contribution in [-0.4, -0.2) is 63.8 Å². The van der Waals surface area contributed by atoms with E-state index in [-0.39, 0.29) is 5.91 Å². The molecule has 1 aromatic rings. The Balaban J connectivity index is 1.72. The number of carbonyl (C=O) groups is 2. The summed E-state index contributed by atoms with van der Waals surface area (Å²) in [5.41, 5.74) is 6.21. The van der Waals surface area contributed by atoms with Crippen LogP contribution in [0.3, 0.4) is 0 Å². The lowest BCUT2D eigenvalue weighted by Crippen LogP contribution is -3.13. The van der Waals surface area contributed by atoms with Gasteiger partial charge in [-0.15, -0.1) is 0 Å². The molecule has 1 aromatic carbocycles. The molecule has 1 fully saturated rings. The van der Waals surface area contributed by atoms with Crippen LogP contribution in [0.4, 0.5) is 4.79 Å². The van der Waals surface area contributed by atoms with Gasteiger partial charge in [-0.25, -0.2) is 4.79 Å². The van der Waals surface area contributed by atoms with E-state index in [0.717, 1.165) is 57.1 Å². The van der Waals surface area contributed by atoms with E-state index in [1.54, 1.807) is 14.2 Å². The second-order valence-corrected chi connectivity index (χ2v) is 6.75. The standard InChI is InChI=1S/C19H30N4O4/c1-26-16-7-6-15(13-17(16)27-2)14-22-9-11-23(12-10-22)18(24)5-3-4-8-21-19(20)25/h6-7,13H,3-5,8-12,14H2,1-2H3,(H3,20,21,25)/p+1. The summed E-state index contributed by atoms with van der Waals surface area (Å²) in [6, 6.07) is 5.49. The number of primary amides is 1. The van der Waals surface area contributed by atoms with Crippen molar-refractivity contribution in [2.24, 2.45) is 5.73 Å². The second kappa shape index (κ2) is 10.6. The molecule has 0 aromatic heterocycles. The minimum atomic E-state index is -0.519. The molecular weight excluding hydrogens is 348 g/mol. The molecule has 8 heteroatoms. The Morgan fingerprint density at radius 2 is 1.85 bits per heavy atom. The van der Waals surface area contributed by atoms with E-state index in [1.165, 1.54) is 10.5 Å². The Kier molecular flexibility index (Phi) is 8.19. The highest BCUT2D eigenvalue weighted by Crippen LogP contribution is 2.27. The minimum Gasteiger partial charge on any atom is -0.493 e. The first-order valence-corrected chi connectivity index (χ1v) is 9.39. The average molecular weight is 379 g/mol. The molecule has 8 nitrogen and oxygen atoms in total. The molecule has 0 radical (unpaired) electrons. The van der Waals surface area contributed by atoms with Crippen LogP contribution in [0.2, 0.25) is 0 Å². The summed E-state index contributed by atoms with van der Waals surface area (Å²) in [5.74, 6) is 1.67. The van der Waals surface area contributed by atoms with Gasteiger partial charge in [0.15, 0.2) is 11.5 Å². The number of carbonyl (C=O) groups excluding carboxylic acids is 2. The van der Waals surface area contributed by atoms with Gasteiger partial charge >= 0.3 is 6.03 Å². The number of unbranched alkanes of at least 4 members (excludes halogenated alkanes) is 1. The molecule has 1 aliphatic rings. The van der Waals surface area contributed by atoms with Gasteiger partial charge in [0.25, 0.3) is 0 Å². The highest BCUT2D eigenvalue weighted by atomic mass is 16.5. The average Bonchev–Trinajstić information content (AvgIpc) is 2.67. The molecule has 4 N–H and O–H groups in total. The molecule has 1 aliphatic heterocycles. The monoisotopic (exact) mass is 379 g/mol. The van der Waals surface area contributed by atoms with Crippen molar-refractivity contribution in [3.8, 4) is 11.5 Å². The van der Waals surface area contributed by atoms with Crippen LogP contribution >= 0.6 is 0 Å². The Bertz CT molecular complexity index is 630. The zero-order valence-electron chi connectivity index (χ0n) is 16.3. The van der Waals surface area contributed by atoms with Crippen molar-refractivity contribution in [1.29, 1.82) is 0 Å². The molecule has 0 unspecified atom stereocenters. The van der Waals surface area contributed by atoms with Gasteiger partial charge in [-0.2, -0.15) is 0 Å². The first-order valence-electron chi connectivity index (χ1n) is 9.39. The van der Waals surface area contributed by atoms with E-state index in [9.17, 15) is 9.59 Å². The van der Waals surface area contributed by atoms with Crippen molar-refractivity contribution in [2.45, 2.75) is 25.8 Å². The first-order chi connectivity index (χ1) is 13.0. The summed E-state index contributed by atoms with van der Waals surface area (Å²) in [6.45, 7) is 4.85. The van der Waals surface area contributed by atoms with E-state index in [1.807, 2.05) is 17.0 Å². The summed E-state index contributed by atoms with van der Waals surface area (Å²) < 4.78 is 10.6. The summed E-state index contributed by atoms with van der Waals surface area (Å²) in [4.78, 5) is 26.3. The zero-order valence-corrected chi connectivity index (χ0v) is 16.3. The zero-order chi connectivity index (χ0) is 19.6. The Labute approximate surface area is 160 Å². The summed E-state index contributed by atoms with van der Waals surface area (Å²) >= 11 is 0. The number of rotatable bonds is 9. The van der Waals surface area contributed by atoms with Crippen molar-refractivity contribution in [3.05, 3.63) is 23.8 Å². The van der Waals surface area contributed by atoms with Crippen LogP contribution in [0.25, 0.3) is 0 Å². The van der Waals surface area contributed by atoms with Gasteiger partial charge in [0.1, 0.15) is 6.54 Å². The van der Waals surface area contributed by atoms with Crippen molar-refractivity contribution < 1.29 is 24.0 Å². The summed E-state index contributed by atoms with van der Waals surface area (Å²) in [6.07, 6.45) is 2.04. The SMILES string of the molecule is COc1ccc(C[NH+]2CCN(C(=O)CCCCNC(N)=O)CC2)cc1OC. The molecule has 0 saturated carbocycles. The highest BCUT2D eigenvalue weighted by molar-refractivity contribution is 5.76. The normalized spacial score (nSPS) is 14.7. The van der Waals surface area contributed by atoms with Gasteiger partial charge in [0.05, 0.1) is 40.4 Å².